The number of aryl methyl sites for hydroxylation is 1. The third kappa shape index (κ3) is 4.85. The minimum Gasteiger partial charge on any atom is -0.545 e. The minimum atomic E-state index is -1.19. The van der Waals surface area contributed by atoms with Crippen LogP contribution in [0.25, 0.3) is 17.3 Å². The van der Waals surface area contributed by atoms with E-state index in [1.54, 1.807) is 0 Å². The van der Waals surface area contributed by atoms with Crippen molar-refractivity contribution in [2.24, 2.45) is 0 Å². The van der Waals surface area contributed by atoms with Crippen LogP contribution in [0.3, 0.4) is 0 Å². The number of pyridine rings is 1. The molecule has 0 saturated heterocycles. The Morgan fingerprint density at radius 2 is 1.91 bits per heavy atom. The van der Waals surface area contributed by atoms with Crippen LogP contribution >= 0.6 is 0 Å². The van der Waals surface area contributed by atoms with E-state index in [2.05, 4.69) is 18.0 Å². The van der Waals surface area contributed by atoms with Crippen molar-refractivity contribution in [3.63, 3.8) is 0 Å². The first-order valence-electron chi connectivity index (χ1n) is 7.63. The van der Waals surface area contributed by atoms with Crippen LogP contribution in [-0.4, -0.2) is 11.0 Å². The van der Waals surface area contributed by atoms with E-state index in [-0.39, 0.29) is 0 Å². The SMILES string of the molecule is CCCCCc1ccc(-c2ccc(/C=C/C(=O)[O-])cc2)nc1. The Hall–Kier alpha value is -2.42. The number of rotatable bonds is 7. The van der Waals surface area contributed by atoms with E-state index in [0.29, 0.717) is 0 Å². The van der Waals surface area contributed by atoms with Crippen molar-refractivity contribution < 1.29 is 9.90 Å². The predicted molar refractivity (Wildman–Crippen MR) is 86.9 cm³/mol. The van der Waals surface area contributed by atoms with Crippen LogP contribution in [0.1, 0.15) is 37.3 Å². The van der Waals surface area contributed by atoms with Gasteiger partial charge in [0.15, 0.2) is 0 Å². The zero-order valence-corrected chi connectivity index (χ0v) is 12.8. The highest BCUT2D eigenvalue weighted by Gasteiger charge is 2.00. The molecule has 1 aromatic carbocycles. The Balaban J connectivity index is 2.03. The number of carboxylic acids is 1. The largest absolute Gasteiger partial charge is 0.545 e. The summed E-state index contributed by atoms with van der Waals surface area (Å²) in [5.74, 6) is -1.19. The van der Waals surface area contributed by atoms with Crippen molar-refractivity contribution in [2.75, 3.05) is 0 Å². The normalized spacial score (nSPS) is 11.0. The van der Waals surface area contributed by atoms with Gasteiger partial charge in [0.25, 0.3) is 0 Å². The Labute approximate surface area is 131 Å². The first-order valence-corrected chi connectivity index (χ1v) is 7.63. The van der Waals surface area contributed by atoms with Gasteiger partial charge in [0.2, 0.25) is 0 Å². The van der Waals surface area contributed by atoms with Gasteiger partial charge in [-0.25, -0.2) is 0 Å². The van der Waals surface area contributed by atoms with Crippen LogP contribution in [0.2, 0.25) is 0 Å². The molecule has 1 heterocycles. The van der Waals surface area contributed by atoms with Gasteiger partial charge >= 0.3 is 0 Å². The summed E-state index contributed by atoms with van der Waals surface area (Å²) in [5.41, 5.74) is 4.04. The second-order valence-electron chi connectivity index (χ2n) is 5.28. The number of aliphatic carboxylic acids is 1. The molecule has 0 unspecified atom stereocenters. The second-order valence-corrected chi connectivity index (χ2v) is 5.28. The molecule has 0 fully saturated rings. The zero-order valence-electron chi connectivity index (χ0n) is 12.8. The van der Waals surface area contributed by atoms with E-state index in [4.69, 9.17) is 0 Å². The number of unbranched alkanes of at least 4 members (excludes halogenated alkanes) is 2. The van der Waals surface area contributed by atoms with Crippen molar-refractivity contribution in [1.82, 2.24) is 4.98 Å². The average Bonchev–Trinajstić information content (AvgIpc) is 2.54. The Morgan fingerprint density at radius 3 is 2.50 bits per heavy atom. The first-order chi connectivity index (χ1) is 10.7. The Morgan fingerprint density at radius 1 is 1.14 bits per heavy atom. The van der Waals surface area contributed by atoms with E-state index in [1.165, 1.54) is 30.9 Å². The molecule has 0 radical (unpaired) electrons. The summed E-state index contributed by atoms with van der Waals surface area (Å²) in [6.07, 6.45) is 9.24. The van der Waals surface area contributed by atoms with Crippen LogP contribution < -0.4 is 5.11 Å². The van der Waals surface area contributed by atoms with Gasteiger partial charge in [-0.3, -0.25) is 4.98 Å². The quantitative estimate of drug-likeness (QED) is 0.582. The third-order valence-electron chi connectivity index (χ3n) is 3.51. The fourth-order valence-electron chi connectivity index (χ4n) is 2.25. The molecular formula is C19H20NO2-. The zero-order chi connectivity index (χ0) is 15.8. The van der Waals surface area contributed by atoms with Gasteiger partial charge in [-0.15, -0.1) is 0 Å². The maximum atomic E-state index is 10.4. The van der Waals surface area contributed by atoms with Gasteiger partial charge in [-0.05, 0) is 36.1 Å². The summed E-state index contributed by atoms with van der Waals surface area (Å²) in [6.45, 7) is 2.20. The van der Waals surface area contributed by atoms with Crippen molar-refractivity contribution in [2.45, 2.75) is 32.6 Å². The summed E-state index contributed by atoms with van der Waals surface area (Å²) in [6, 6.07) is 11.8. The van der Waals surface area contributed by atoms with E-state index >= 15 is 0 Å². The van der Waals surface area contributed by atoms with E-state index in [1.807, 2.05) is 36.5 Å². The molecule has 0 aliphatic heterocycles. The number of benzene rings is 1. The summed E-state index contributed by atoms with van der Waals surface area (Å²) in [5, 5.41) is 10.4. The topological polar surface area (TPSA) is 53.0 Å². The number of carbonyl (C=O) groups is 1. The summed E-state index contributed by atoms with van der Waals surface area (Å²) < 4.78 is 0. The van der Waals surface area contributed by atoms with Gasteiger partial charge in [0, 0.05) is 11.8 Å². The van der Waals surface area contributed by atoms with Crippen molar-refractivity contribution in [3.05, 3.63) is 59.8 Å². The van der Waals surface area contributed by atoms with Gasteiger partial charge in [0.05, 0.1) is 11.7 Å². The highest BCUT2D eigenvalue weighted by Crippen LogP contribution is 2.19. The van der Waals surface area contributed by atoms with Crippen LogP contribution in [-0.2, 0) is 11.2 Å². The van der Waals surface area contributed by atoms with Gasteiger partial charge in [-0.1, -0.05) is 56.2 Å². The molecule has 1 aromatic heterocycles. The monoisotopic (exact) mass is 294 g/mol. The lowest BCUT2D eigenvalue weighted by atomic mass is 10.1. The number of carboxylic acid groups (broad SMARTS) is 1. The standard InChI is InChI=1S/C19H21NO2/c1-2-3-4-5-16-8-12-18(20-14-16)17-10-6-15(7-11-17)9-13-19(21)22/h6-14H,2-5H2,1H3,(H,21,22)/p-1/b13-9+. The van der Waals surface area contributed by atoms with Crippen molar-refractivity contribution in [1.29, 1.82) is 0 Å². The fourth-order valence-corrected chi connectivity index (χ4v) is 2.25. The first kappa shape index (κ1) is 16.0. The molecule has 3 nitrogen and oxygen atoms in total. The molecular weight excluding hydrogens is 274 g/mol. The molecule has 114 valence electrons. The molecule has 3 heteroatoms. The van der Waals surface area contributed by atoms with Gasteiger partial charge < -0.3 is 9.90 Å². The third-order valence-corrected chi connectivity index (χ3v) is 3.51. The predicted octanol–water partition coefficient (Wildman–Crippen LogP) is 3.24. The van der Waals surface area contributed by atoms with Crippen LogP contribution in [0.4, 0.5) is 0 Å². The van der Waals surface area contributed by atoms with Crippen LogP contribution in [0.5, 0.6) is 0 Å². The maximum Gasteiger partial charge on any atom is 0.0702 e. The Bertz CT molecular complexity index is 627. The highest BCUT2D eigenvalue weighted by atomic mass is 16.4. The Kier molecular flexibility index (Phi) is 5.90. The molecule has 0 amide bonds. The summed E-state index contributed by atoms with van der Waals surface area (Å²) in [7, 11) is 0. The molecule has 0 spiro atoms. The molecule has 0 N–H and O–H groups in total. The highest BCUT2D eigenvalue weighted by molar-refractivity contribution is 5.83. The number of hydrogen-bond donors (Lipinski definition) is 0. The fraction of sp³-hybridized carbons (Fsp3) is 0.263. The lowest BCUT2D eigenvalue weighted by Crippen LogP contribution is -2.18. The average molecular weight is 294 g/mol. The smallest absolute Gasteiger partial charge is 0.0702 e. The van der Waals surface area contributed by atoms with Crippen molar-refractivity contribution in [3.8, 4) is 11.3 Å². The van der Waals surface area contributed by atoms with E-state index < -0.39 is 5.97 Å². The lowest BCUT2D eigenvalue weighted by Gasteiger charge is -2.04. The molecule has 2 aromatic rings. The molecule has 0 saturated carbocycles. The van der Waals surface area contributed by atoms with Crippen LogP contribution in [0, 0.1) is 0 Å². The van der Waals surface area contributed by atoms with Gasteiger partial charge in [-0.2, -0.15) is 0 Å². The molecule has 0 bridgehead atoms. The maximum absolute atomic E-state index is 10.4. The van der Waals surface area contributed by atoms with Crippen LogP contribution in [0.15, 0.2) is 48.7 Å². The molecule has 0 aliphatic carbocycles. The van der Waals surface area contributed by atoms with Crippen molar-refractivity contribution >= 4 is 12.0 Å². The molecule has 2 rings (SSSR count). The number of carbonyl (C=O) groups excluding carboxylic acids is 1. The number of aromatic nitrogens is 1. The van der Waals surface area contributed by atoms with Gasteiger partial charge in [0.1, 0.15) is 0 Å². The second kappa shape index (κ2) is 8.13. The number of hydrogen-bond acceptors (Lipinski definition) is 3. The molecule has 0 atom stereocenters. The number of nitrogens with zero attached hydrogens (tertiary/aromatic N) is 1. The van der Waals surface area contributed by atoms with E-state index in [0.717, 1.165) is 29.3 Å². The summed E-state index contributed by atoms with van der Waals surface area (Å²) >= 11 is 0. The summed E-state index contributed by atoms with van der Waals surface area (Å²) in [4.78, 5) is 14.9. The molecule has 0 aliphatic rings. The van der Waals surface area contributed by atoms with E-state index in [9.17, 15) is 9.90 Å². The lowest BCUT2D eigenvalue weighted by molar-refractivity contribution is -0.297. The molecule has 22 heavy (non-hydrogen) atoms. The minimum absolute atomic E-state index is 0.823.